The average Bonchev–Trinajstić information content (AvgIpc) is 2.64. The van der Waals surface area contributed by atoms with E-state index in [9.17, 15) is 5.11 Å². The Hall–Kier alpha value is -0.380. The first-order valence-corrected chi connectivity index (χ1v) is 6.42. The Morgan fingerprint density at radius 1 is 1.44 bits per heavy atom. The first kappa shape index (κ1) is 12.1. The van der Waals surface area contributed by atoms with Crippen LogP contribution < -0.4 is 0 Å². The number of benzene rings is 1. The van der Waals surface area contributed by atoms with Crippen molar-refractivity contribution in [2.75, 3.05) is 13.2 Å². The minimum Gasteiger partial charge on any atom is -0.396 e. The van der Waals surface area contributed by atoms with E-state index in [1.807, 2.05) is 12.1 Å². The molecule has 0 saturated carbocycles. The lowest BCUT2D eigenvalue weighted by Crippen LogP contribution is -2.35. The standard InChI is InChI=1S/C13H17BrO2/c1-10-13(9-15,6-7-16-10)8-11-2-4-12(14)5-3-11/h2-5,10,15H,6-9H2,1H3. The van der Waals surface area contributed by atoms with Gasteiger partial charge in [-0.1, -0.05) is 28.1 Å². The summed E-state index contributed by atoms with van der Waals surface area (Å²) in [7, 11) is 0. The van der Waals surface area contributed by atoms with Crippen LogP contribution in [0.4, 0.5) is 0 Å². The molecule has 1 heterocycles. The summed E-state index contributed by atoms with van der Waals surface area (Å²) in [6, 6.07) is 8.29. The summed E-state index contributed by atoms with van der Waals surface area (Å²) in [5.41, 5.74) is 1.17. The van der Waals surface area contributed by atoms with Crippen molar-refractivity contribution in [2.24, 2.45) is 5.41 Å². The second kappa shape index (κ2) is 4.86. The SMILES string of the molecule is CC1OCCC1(CO)Cc1ccc(Br)cc1. The van der Waals surface area contributed by atoms with E-state index in [0.717, 1.165) is 23.9 Å². The van der Waals surface area contributed by atoms with Crippen molar-refractivity contribution in [1.29, 1.82) is 0 Å². The van der Waals surface area contributed by atoms with Crippen LogP contribution in [0.15, 0.2) is 28.7 Å². The summed E-state index contributed by atoms with van der Waals surface area (Å²) in [6.45, 7) is 3.02. The predicted molar refractivity (Wildman–Crippen MR) is 67.4 cm³/mol. The molecule has 0 aromatic heterocycles. The Morgan fingerprint density at radius 3 is 2.62 bits per heavy atom. The average molecular weight is 285 g/mol. The lowest BCUT2D eigenvalue weighted by molar-refractivity contribution is 0.0272. The van der Waals surface area contributed by atoms with Crippen molar-refractivity contribution < 1.29 is 9.84 Å². The summed E-state index contributed by atoms with van der Waals surface area (Å²) in [4.78, 5) is 0. The fourth-order valence-corrected chi connectivity index (χ4v) is 2.59. The number of halogens is 1. The molecular weight excluding hydrogens is 268 g/mol. The molecule has 1 N–H and O–H groups in total. The Balaban J connectivity index is 2.15. The highest BCUT2D eigenvalue weighted by molar-refractivity contribution is 9.10. The van der Waals surface area contributed by atoms with Gasteiger partial charge in [0.25, 0.3) is 0 Å². The van der Waals surface area contributed by atoms with Crippen LogP contribution in [0.1, 0.15) is 18.9 Å². The normalized spacial score (nSPS) is 29.6. The molecule has 3 heteroatoms. The molecule has 1 aliphatic rings. The molecule has 2 atom stereocenters. The maximum atomic E-state index is 9.61. The van der Waals surface area contributed by atoms with Gasteiger partial charge in [-0.15, -0.1) is 0 Å². The monoisotopic (exact) mass is 284 g/mol. The van der Waals surface area contributed by atoms with Gasteiger partial charge in [0.2, 0.25) is 0 Å². The highest BCUT2D eigenvalue weighted by atomic mass is 79.9. The molecule has 88 valence electrons. The number of hydrogen-bond acceptors (Lipinski definition) is 2. The summed E-state index contributed by atoms with van der Waals surface area (Å²) < 4.78 is 6.67. The van der Waals surface area contributed by atoms with Crippen LogP contribution in [-0.2, 0) is 11.2 Å². The molecule has 2 nitrogen and oxygen atoms in total. The molecule has 1 saturated heterocycles. The molecule has 0 aliphatic carbocycles. The third-order valence-corrected chi connectivity index (χ3v) is 4.14. The van der Waals surface area contributed by atoms with Crippen molar-refractivity contribution in [3.05, 3.63) is 34.3 Å². The number of ether oxygens (including phenoxy) is 1. The lowest BCUT2D eigenvalue weighted by Gasteiger charge is -2.30. The molecule has 0 amide bonds. The van der Waals surface area contributed by atoms with Crippen molar-refractivity contribution >= 4 is 15.9 Å². The number of aliphatic hydroxyl groups is 1. The number of aliphatic hydroxyl groups excluding tert-OH is 1. The van der Waals surface area contributed by atoms with Gasteiger partial charge >= 0.3 is 0 Å². The van der Waals surface area contributed by atoms with Crippen molar-refractivity contribution in [1.82, 2.24) is 0 Å². The second-order valence-corrected chi connectivity index (χ2v) is 5.50. The van der Waals surface area contributed by atoms with Gasteiger partial charge in [0.05, 0.1) is 12.7 Å². The van der Waals surface area contributed by atoms with Crippen LogP contribution in [-0.4, -0.2) is 24.4 Å². The summed E-state index contributed by atoms with van der Waals surface area (Å²) in [5, 5.41) is 9.61. The van der Waals surface area contributed by atoms with E-state index in [0.29, 0.717) is 0 Å². The molecule has 0 bridgehead atoms. The smallest absolute Gasteiger partial charge is 0.0629 e. The van der Waals surface area contributed by atoms with Gasteiger partial charge in [-0.25, -0.2) is 0 Å². The lowest BCUT2D eigenvalue weighted by atomic mass is 9.77. The quantitative estimate of drug-likeness (QED) is 0.925. The third kappa shape index (κ3) is 2.31. The van der Waals surface area contributed by atoms with Crippen LogP contribution in [0.2, 0.25) is 0 Å². The summed E-state index contributed by atoms with van der Waals surface area (Å²) >= 11 is 3.43. The van der Waals surface area contributed by atoms with Gasteiger partial charge in [0.1, 0.15) is 0 Å². The number of hydrogen-bond donors (Lipinski definition) is 1. The highest BCUT2D eigenvalue weighted by Gasteiger charge is 2.40. The molecule has 1 fully saturated rings. The molecule has 1 aromatic rings. The van der Waals surface area contributed by atoms with Gasteiger partial charge in [-0.2, -0.15) is 0 Å². The van der Waals surface area contributed by atoms with Crippen LogP contribution in [0, 0.1) is 5.41 Å². The van der Waals surface area contributed by atoms with Crippen LogP contribution >= 0.6 is 15.9 Å². The molecule has 2 rings (SSSR count). The first-order chi connectivity index (χ1) is 7.66. The highest BCUT2D eigenvalue weighted by Crippen LogP contribution is 2.37. The van der Waals surface area contributed by atoms with Gasteiger partial charge in [-0.05, 0) is 37.5 Å². The molecular formula is C13H17BrO2. The molecule has 2 unspecified atom stereocenters. The molecule has 1 aromatic carbocycles. The van der Waals surface area contributed by atoms with Crippen LogP contribution in [0.25, 0.3) is 0 Å². The number of rotatable bonds is 3. The summed E-state index contributed by atoms with van der Waals surface area (Å²) in [5.74, 6) is 0. The van der Waals surface area contributed by atoms with E-state index in [-0.39, 0.29) is 18.1 Å². The van der Waals surface area contributed by atoms with E-state index in [1.54, 1.807) is 0 Å². The first-order valence-electron chi connectivity index (χ1n) is 5.63. The minimum atomic E-state index is -0.0895. The zero-order chi connectivity index (χ0) is 11.6. The molecule has 0 spiro atoms. The second-order valence-electron chi connectivity index (χ2n) is 4.59. The largest absolute Gasteiger partial charge is 0.396 e. The zero-order valence-electron chi connectivity index (χ0n) is 9.45. The van der Waals surface area contributed by atoms with Crippen LogP contribution in [0.3, 0.4) is 0 Å². The van der Waals surface area contributed by atoms with Gasteiger partial charge < -0.3 is 9.84 Å². The van der Waals surface area contributed by atoms with Crippen molar-refractivity contribution in [3.63, 3.8) is 0 Å². The molecule has 16 heavy (non-hydrogen) atoms. The fourth-order valence-electron chi connectivity index (χ4n) is 2.32. The van der Waals surface area contributed by atoms with E-state index in [4.69, 9.17) is 4.74 Å². The Morgan fingerprint density at radius 2 is 2.12 bits per heavy atom. The van der Waals surface area contributed by atoms with Crippen molar-refractivity contribution in [3.8, 4) is 0 Å². The van der Waals surface area contributed by atoms with E-state index in [2.05, 4.69) is 35.0 Å². The Labute approximate surface area is 105 Å². The summed E-state index contributed by atoms with van der Waals surface area (Å²) in [6.07, 6.45) is 1.97. The van der Waals surface area contributed by atoms with E-state index < -0.39 is 0 Å². The van der Waals surface area contributed by atoms with E-state index >= 15 is 0 Å². The maximum Gasteiger partial charge on any atom is 0.0629 e. The molecule has 1 aliphatic heterocycles. The van der Waals surface area contributed by atoms with E-state index in [1.165, 1.54) is 5.56 Å². The predicted octanol–water partition coefficient (Wildman–Crippen LogP) is 2.78. The third-order valence-electron chi connectivity index (χ3n) is 3.61. The Bertz CT molecular complexity index is 349. The van der Waals surface area contributed by atoms with Gasteiger partial charge in [-0.3, -0.25) is 0 Å². The Kier molecular flexibility index (Phi) is 3.67. The zero-order valence-corrected chi connectivity index (χ0v) is 11.0. The van der Waals surface area contributed by atoms with Crippen LogP contribution in [0.5, 0.6) is 0 Å². The van der Waals surface area contributed by atoms with Crippen molar-refractivity contribution in [2.45, 2.75) is 25.9 Å². The fraction of sp³-hybridized carbons (Fsp3) is 0.538. The maximum absolute atomic E-state index is 9.61. The topological polar surface area (TPSA) is 29.5 Å². The molecule has 0 radical (unpaired) electrons. The van der Waals surface area contributed by atoms with Gasteiger partial charge in [0.15, 0.2) is 0 Å². The minimum absolute atomic E-state index is 0.0895. The van der Waals surface area contributed by atoms with Gasteiger partial charge in [0, 0.05) is 16.5 Å².